The van der Waals surface area contributed by atoms with Crippen LogP contribution in [-0.2, 0) is 9.47 Å². The lowest BCUT2D eigenvalue weighted by atomic mass is 10.2. The molecule has 1 fully saturated rings. The van der Waals surface area contributed by atoms with E-state index in [-0.39, 0.29) is 6.29 Å². The molecule has 0 spiro atoms. The first-order chi connectivity index (χ1) is 8.34. The molecular weight excluding hydrogens is 236 g/mol. The van der Waals surface area contributed by atoms with Gasteiger partial charge in [0.1, 0.15) is 5.75 Å². The number of thioether (sulfide) groups is 1. The topological polar surface area (TPSA) is 38.7 Å². The van der Waals surface area contributed by atoms with Crippen molar-refractivity contribution in [1.82, 2.24) is 0 Å². The van der Waals surface area contributed by atoms with Gasteiger partial charge in [0.15, 0.2) is 6.29 Å². The highest BCUT2D eigenvalue weighted by Gasteiger charge is 2.13. The van der Waals surface area contributed by atoms with E-state index in [1.54, 1.807) is 23.9 Å². The van der Waals surface area contributed by atoms with E-state index in [2.05, 4.69) is 0 Å². The number of phenols is 1. The molecule has 0 radical (unpaired) electrons. The van der Waals surface area contributed by atoms with E-state index < -0.39 is 0 Å². The number of aromatic hydroxyl groups is 1. The molecule has 1 heterocycles. The highest BCUT2D eigenvalue weighted by molar-refractivity contribution is 7.99. The molecule has 0 amide bonds. The molecule has 1 unspecified atom stereocenters. The van der Waals surface area contributed by atoms with Crippen LogP contribution in [0.3, 0.4) is 0 Å². The van der Waals surface area contributed by atoms with E-state index in [1.165, 1.54) is 6.42 Å². The largest absolute Gasteiger partial charge is 0.508 e. The number of hydrogen-bond acceptors (Lipinski definition) is 4. The zero-order chi connectivity index (χ0) is 11.9. The van der Waals surface area contributed by atoms with Gasteiger partial charge in [-0.1, -0.05) is 0 Å². The lowest BCUT2D eigenvalue weighted by Crippen LogP contribution is -2.23. The molecule has 1 aromatic rings. The van der Waals surface area contributed by atoms with Crippen molar-refractivity contribution in [2.75, 3.05) is 19.0 Å². The third-order valence-electron chi connectivity index (χ3n) is 2.63. The smallest absolute Gasteiger partial charge is 0.157 e. The van der Waals surface area contributed by atoms with Gasteiger partial charge in [-0.15, -0.1) is 11.8 Å². The lowest BCUT2D eigenvalue weighted by molar-refractivity contribution is -0.158. The van der Waals surface area contributed by atoms with Crippen molar-refractivity contribution in [2.45, 2.75) is 30.4 Å². The maximum Gasteiger partial charge on any atom is 0.157 e. The maximum absolute atomic E-state index is 9.15. The normalized spacial score (nSPS) is 20.4. The van der Waals surface area contributed by atoms with E-state index in [0.29, 0.717) is 12.4 Å². The van der Waals surface area contributed by atoms with Gasteiger partial charge in [0.25, 0.3) is 0 Å². The summed E-state index contributed by atoms with van der Waals surface area (Å²) in [6.07, 6.45) is 3.38. The van der Waals surface area contributed by atoms with Crippen LogP contribution in [0.2, 0.25) is 0 Å². The number of ether oxygens (including phenoxy) is 2. The average molecular weight is 254 g/mol. The molecule has 1 atom stereocenters. The Morgan fingerprint density at radius 3 is 2.82 bits per heavy atom. The summed E-state index contributed by atoms with van der Waals surface area (Å²) in [6, 6.07) is 7.23. The summed E-state index contributed by atoms with van der Waals surface area (Å²) >= 11 is 1.73. The van der Waals surface area contributed by atoms with Crippen molar-refractivity contribution in [3.05, 3.63) is 24.3 Å². The van der Waals surface area contributed by atoms with Crippen LogP contribution in [0.4, 0.5) is 0 Å². The minimum atomic E-state index is 0.00386. The van der Waals surface area contributed by atoms with Crippen molar-refractivity contribution < 1.29 is 14.6 Å². The fourth-order valence-electron chi connectivity index (χ4n) is 1.72. The second kappa shape index (κ2) is 6.89. The van der Waals surface area contributed by atoms with Crippen LogP contribution in [0.25, 0.3) is 0 Å². The van der Waals surface area contributed by atoms with Gasteiger partial charge >= 0.3 is 0 Å². The van der Waals surface area contributed by atoms with E-state index in [9.17, 15) is 0 Å². The van der Waals surface area contributed by atoms with Gasteiger partial charge in [0.2, 0.25) is 0 Å². The second-order valence-electron chi connectivity index (χ2n) is 4.01. The van der Waals surface area contributed by atoms with Gasteiger partial charge in [-0.25, -0.2) is 0 Å². The van der Waals surface area contributed by atoms with Crippen molar-refractivity contribution >= 4 is 11.8 Å². The summed E-state index contributed by atoms with van der Waals surface area (Å²) in [5, 5.41) is 9.15. The quantitative estimate of drug-likeness (QED) is 0.647. The predicted molar refractivity (Wildman–Crippen MR) is 68.4 cm³/mol. The summed E-state index contributed by atoms with van der Waals surface area (Å²) in [7, 11) is 0. The van der Waals surface area contributed by atoms with Gasteiger partial charge in [-0.05, 0) is 43.5 Å². The molecule has 0 saturated carbocycles. The van der Waals surface area contributed by atoms with Crippen LogP contribution >= 0.6 is 11.8 Å². The van der Waals surface area contributed by atoms with Gasteiger partial charge < -0.3 is 14.6 Å². The average Bonchev–Trinajstić information content (AvgIpc) is 2.38. The molecule has 0 bridgehead atoms. The number of phenolic OH excluding ortho intramolecular Hbond substituents is 1. The number of hydrogen-bond donors (Lipinski definition) is 1. The van der Waals surface area contributed by atoms with Gasteiger partial charge in [0.05, 0.1) is 6.61 Å². The molecule has 1 aromatic carbocycles. The molecule has 1 saturated heterocycles. The molecule has 3 nitrogen and oxygen atoms in total. The van der Waals surface area contributed by atoms with Crippen molar-refractivity contribution in [2.24, 2.45) is 0 Å². The summed E-state index contributed by atoms with van der Waals surface area (Å²) in [5.74, 6) is 1.21. The Hall–Kier alpha value is -0.710. The molecule has 0 aromatic heterocycles. The van der Waals surface area contributed by atoms with Crippen molar-refractivity contribution in [3.63, 3.8) is 0 Å². The van der Waals surface area contributed by atoms with Gasteiger partial charge in [0, 0.05) is 17.3 Å². The lowest BCUT2D eigenvalue weighted by Gasteiger charge is -2.22. The summed E-state index contributed by atoms with van der Waals surface area (Å²) in [6.45, 7) is 1.53. The van der Waals surface area contributed by atoms with E-state index >= 15 is 0 Å². The Morgan fingerprint density at radius 1 is 1.29 bits per heavy atom. The fourth-order valence-corrected chi connectivity index (χ4v) is 2.47. The summed E-state index contributed by atoms with van der Waals surface area (Å²) in [4.78, 5) is 1.15. The van der Waals surface area contributed by atoms with E-state index in [4.69, 9.17) is 14.6 Å². The first-order valence-electron chi connectivity index (χ1n) is 5.99. The molecule has 4 heteroatoms. The fraction of sp³-hybridized carbons (Fsp3) is 0.538. The van der Waals surface area contributed by atoms with Crippen LogP contribution in [0.15, 0.2) is 29.2 Å². The first kappa shape index (κ1) is 12.7. The SMILES string of the molecule is Oc1ccc(SCCOC2CCCCO2)cc1. The second-order valence-corrected chi connectivity index (χ2v) is 5.18. The summed E-state index contributed by atoms with van der Waals surface area (Å²) in [5.41, 5.74) is 0. The van der Waals surface area contributed by atoms with Crippen molar-refractivity contribution in [1.29, 1.82) is 0 Å². The molecule has 2 rings (SSSR count). The zero-order valence-electron chi connectivity index (χ0n) is 9.80. The Balaban J connectivity index is 1.60. The Kier molecular flexibility index (Phi) is 5.16. The van der Waals surface area contributed by atoms with E-state index in [0.717, 1.165) is 30.1 Å². The Labute approximate surface area is 106 Å². The van der Waals surface area contributed by atoms with Gasteiger partial charge in [-0.2, -0.15) is 0 Å². The molecule has 94 valence electrons. The third-order valence-corrected chi connectivity index (χ3v) is 3.61. The molecule has 1 aliphatic rings. The standard InChI is InChI=1S/C13H18O3S/c14-11-4-6-12(7-5-11)17-10-9-16-13-3-1-2-8-15-13/h4-7,13-14H,1-3,8-10H2. The predicted octanol–water partition coefficient (Wildman–Crippen LogP) is 3.03. The van der Waals surface area contributed by atoms with Crippen LogP contribution in [0.5, 0.6) is 5.75 Å². The summed E-state index contributed by atoms with van der Waals surface area (Å²) < 4.78 is 11.1. The number of benzene rings is 1. The first-order valence-corrected chi connectivity index (χ1v) is 6.98. The molecule has 1 N–H and O–H groups in total. The Bertz CT molecular complexity index is 320. The van der Waals surface area contributed by atoms with Crippen LogP contribution in [0.1, 0.15) is 19.3 Å². The minimum absolute atomic E-state index is 0.00386. The maximum atomic E-state index is 9.15. The monoisotopic (exact) mass is 254 g/mol. The zero-order valence-corrected chi connectivity index (χ0v) is 10.6. The molecule has 0 aliphatic carbocycles. The molecule has 1 aliphatic heterocycles. The highest BCUT2D eigenvalue weighted by Crippen LogP contribution is 2.21. The van der Waals surface area contributed by atoms with Gasteiger partial charge in [-0.3, -0.25) is 0 Å². The van der Waals surface area contributed by atoms with Crippen LogP contribution in [0, 0.1) is 0 Å². The molecule has 17 heavy (non-hydrogen) atoms. The number of rotatable bonds is 5. The Morgan fingerprint density at radius 2 is 2.12 bits per heavy atom. The highest BCUT2D eigenvalue weighted by atomic mass is 32.2. The van der Waals surface area contributed by atoms with Crippen LogP contribution in [-0.4, -0.2) is 30.4 Å². The minimum Gasteiger partial charge on any atom is -0.508 e. The van der Waals surface area contributed by atoms with Crippen molar-refractivity contribution in [3.8, 4) is 5.75 Å². The van der Waals surface area contributed by atoms with E-state index in [1.807, 2.05) is 12.1 Å². The molecular formula is C13H18O3S. The van der Waals surface area contributed by atoms with Crippen LogP contribution < -0.4 is 0 Å². The third kappa shape index (κ3) is 4.58.